The first-order valence-electron chi connectivity index (χ1n) is 3.35. The van der Waals surface area contributed by atoms with Gasteiger partial charge in [0.2, 0.25) is 5.92 Å². The molecule has 0 aromatic carbocycles. The Bertz CT molecular complexity index is 172. The maximum absolute atomic E-state index is 12.4. The number of alkyl halides is 2. The van der Waals surface area contributed by atoms with E-state index in [0.29, 0.717) is 0 Å². The van der Waals surface area contributed by atoms with E-state index in [1.54, 1.807) is 0 Å². The fourth-order valence-corrected chi connectivity index (χ4v) is 1.24. The van der Waals surface area contributed by atoms with Crippen LogP contribution in [0.5, 0.6) is 0 Å². The fourth-order valence-electron chi connectivity index (χ4n) is 1.24. The van der Waals surface area contributed by atoms with E-state index in [9.17, 15) is 18.7 Å². The first-order valence-corrected chi connectivity index (χ1v) is 3.35. The van der Waals surface area contributed by atoms with Crippen LogP contribution in [0.4, 0.5) is 13.6 Å². The standard InChI is InChI=1S/C6H9F2NO2/c7-6(8)2-1-4(3-6)9-5(10)11/h4,9H,1-3H2,(H,10,11)/p-1. The van der Waals surface area contributed by atoms with Crippen LogP contribution in [0.1, 0.15) is 19.3 Å². The molecule has 0 heterocycles. The molecule has 64 valence electrons. The summed E-state index contributed by atoms with van der Waals surface area (Å²) in [7, 11) is 0. The van der Waals surface area contributed by atoms with Crippen LogP contribution in [0, 0.1) is 0 Å². The van der Waals surface area contributed by atoms with Crippen molar-refractivity contribution in [2.45, 2.75) is 31.2 Å². The van der Waals surface area contributed by atoms with Gasteiger partial charge in [-0.1, -0.05) is 0 Å². The lowest BCUT2D eigenvalue weighted by Crippen LogP contribution is -2.42. The molecule has 1 rings (SSSR count). The molecule has 1 unspecified atom stereocenters. The highest BCUT2D eigenvalue weighted by Gasteiger charge is 2.39. The predicted molar refractivity (Wildman–Crippen MR) is 31.1 cm³/mol. The minimum Gasteiger partial charge on any atom is -0.530 e. The second-order valence-corrected chi connectivity index (χ2v) is 2.73. The Hall–Kier alpha value is -0.870. The van der Waals surface area contributed by atoms with Crippen LogP contribution in [0.15, 0.2) is 0 Å². The molecule has 0 bridgehead atoms. The maximum atomic E-state index is 12.4. The number of nitrogens with one attached hydrogen (secondary N) is 1. The van der Waals surface area contributed by atoms with Gasteiger partial charge in [0, 0.05) is 18.9 Å². The molecular weight excluding hydrogens is 156 g/mol. The third-order valence-electron chi connectivity index (χ3n) is 1.73. The Labute approximate surface area is 62.4 Å². The van der Waals surface area contributed by atoms with Crippen molar-refractivity contribution >= 4 is 6.09 Å². The summed E-state index contributed by atoms with van der Waals surface area (Å²) in [5.74, 6) is -2.70. The van der Waals surface area contributed by atoms with E-state index in [1.165, 1.54) is 0 Å². The largest absolute Gasteiger partial charge is 0.530 e. The third-order valence-corrected chi connectivity index (χ3v) is 1.73. The summed E-state index contributed by atoms with van der Waals surface area (Å²) < 4.78 is 24.8. The zero-order valence-electron chi connectivity index (χ0n) is 5.77. The number of hydrogen-bond acceptors (Lipinski definition) is 2. The molecule has 1 N–H and O–H groups in total. The third kappa shape index (κ3) is 2.32. The molecule has 11 heavy (non-hydrogen) atoms. The van der Waals surface area contributed by atoms with E-state index < -0.39 is 24.5 Å². The van der Waals surface area contributed by atoms with Gasteiger partial charge in [-0.2, -0.15) is 0 Å². The summed E-state index contributed by atoms with van der Waals surface area (Å²) in [6, 6.07) is -0.630. The van der Waals surface area contributed by atoms with Gasteiger partial charge in [-0.05, 0) is 6.42 Å². The fraction of sp³-hybridized carbons (Fsp3) is 0.833. The van der Waals surface area contributed by atoms with E-state index in [0.717, 1.165) is 0 Å². The zero-order valence-corrected chi connectivity index (χ0v) is 5.77. The number of carbonyl (C=O) groups excluding carboxylic acids is 1. The highest BCUT2D eigenvalue weighted by atomic mass is 19.3. The Balaban J connectivity index is 2.36. The normalized spacial score (nSPS) is 28.4. The van der Waals surface area contributed by atoms with Gasteiger partial charge in [-0.3, -0.25) is 0 Å². The second-order valence-electron chi connectivity index (χ2n) is 2.73. The summed E-state index contributed by atoms with van der Waals surface area (Å²) in [5, 5.41) is 11.8. The molecule has 1 amide bonds. The molecule has 0 spiro atoms. The lowest BCUT2D eigenvalue weighted by molar-refractivity contribution is -0.251. The first-order chi connectivity index (χ1) is 4.99. The smallest absolute Gasteiger partial charge is 0.250 e. The van der Waals surface area contributed by atoms with Gasteiger partial charge in [-0.15, -0.1) is 0 Å². The molecule has 0 aliphatic heterocycles. The monoisotopic (exact) mass is 164 g/mol. The highest BCUT2D eigenvalue weighted by Crippen LogP contribution is 2.34. The van der Waals surface area contributed by atoms with E-state index in [4.69, 9.17) is 0 Å². The molecule has 1 aliphatic carbocycles. The topological polar surface area (TPSA) is 52.2 Å². The first kappa shape index (κ1) is 8.23. The van der Waals surface area contributed by atoms with Crippen LogP contribution < -0.4 is 10.4 Å². The molecule has 3 nitrogen and oxygen atoms in total. The SMILES string of the molecule is O=C([O-])NC1CCC(F)(F)C1. The lowest BCUT2D eigenvalue weighted by Gasteiger charge is -2.13. The number of amides is 1. The van der Waals surface area contributed by atoms with E-state index in [1.807, 2.05) is 5.32 Å². The number of carboxylic acid groups (broad SMARTS) is 1. The molecule has 1 saturated carbocycles. The summed E-state index contributed by atoms with van der Waals surface area (Å²) in [4.78, 5) is 9.90. The van der Waals surface area contributed by atoms with Gasteiger partial charge < -0.3 is 15.2 Å². The van der Waals surface area contributed by atoms with Crippen LogP contribution in [-0.2, 0) is 0 Å². The van der Waals surface area contributed by atoms with E-state index in [2.05, 4.69) is 0 Å². The summed E-state index contributed by atoms with van der Waals surface area (Å²) >= 11 is 0. The second kappa shape index (κ2) is 2.64. The Morgan fingerprint density at radius 1 is 1.64 bits per heavy atom. The van der Waals surface area contributed by atoms with Crippen LogP contribution in [0.25, 0.3) is 0 Å². The minimum absolute atomic E-state index is 0.195. The van der Waals surface area contributed by atoms with Crippen molar-refractivity contribution in [1.29, 1.82) is 0 Å². The van der Waals surface area contributed by atoms with Gasteiger partial charge in [0.05, 0.1) is 0 Å². The minimum atomic E-state index is -2.70. The van der Waals surface area contributed by atoms with Crippen LogP contribution in [0.3, 0.4) is 0 Å². The Kier molecular flexibility index (Phi) is 1.97. The van der Waals surface area contributed by atoms with Crippen molar-refractivity contribution in [3.63, 3.8) is 0 Å². The Morgan fingerprint density at radius 3 is 2.64 bits per heavy atom. The molecule has 5 heteroatoms. The van der Waals surface area contributed by atoms with Gasteiger partial charge in [0.25, 0.3) is 0 Å². The van der Waals surface area contributed by atoms with Crippen molar-refractivity contribution in [3.8, 4) is 0 Å². The maximum Gasteiger partial charge on any atom is 0.250 e. The van der Waals surface area contributed by atoms with Crippen LogP contribution in [-0.4, -0.2) is 18.1 Å². The number of carbonyl (C=O) groups is 1. The number of rotatable bonds is 1. The number of halogens is 2. The average molecular weight is 164 g/mol. The number of hydrogen-bond donors (Lipinski definition) is 1. The van der Waals surface area contributed by atoms with Crippen LogP contribution >= 0.6 is 0 Å². The molecular formula is C6H8F2NO2-. The van der Waals surface area contributed by atoms with Gasteiger partial charge in [0.1, 0.15) is 6.09 Å². The summed E-state index contributed by atoms with van der Waals surface area (Å²) in [6.45, 7) is 0. The summed E-state index contributed by atoms with van der Waals surface area (Å²) in [5.41, 5.74) is 0. The molecule has 0 radical (unpaired) electrons. The molecule has 0 saturated heterocycles. The molecule has 1 aliphatic rings. The Morgan fingerprint density at radius 2 is 2.27 bits per heavy atom. The van der Waals surface area contributed by atoms with Crippen molar-refractivity contribution in [1.82, 2.24) is 5.32 Å². The summed E-state index contributed by atoms with van der Waals surface area (Å²) in [6.07, 6.45) is -1.92. The molecule has 1 atom stereocenters. The zero-order chi connectivity index (χ0) is 8.48. The van der Waals surface area contributed by atoms with Crippen molar-refractivity contribution in [3.05, 3.63) is 0 Å². The highest BCUT2D eigenvalue weighted by molar-refractivity contribution is 5.62. The molecule has 1 fully saturated rings. The average Bonchev–Trinajstić information content (AvgIpc) is 2.08. The van der Waals surface area contributed by atoms with Gasteiger partial charge >= 0.3 is 0 Å². The van der Waals surface area contributed by atoms with Gasteiger partial charge in [0.15, 0.2) is 0 Å². The molecule has 0 aromatic heterocycles. The van der Waals surface area contributed by atoms with Crippen molar-refractivity contribution in [2.24, 2.45) is 0 Å². The van der Waals surface area contributed by atoms with Crippen molar-refractivity contribution < 1.29 is 18.7 Å². The predicted octanol–water partition coefficient (Wildman–Crippen LogP) is 0.107. The lowest BCUT2D eigenvalue weighted by atomic mass is 10.2. The van der Waals surface area contributed by atoms with Crippen LogP contribution in [0.2, 0.25) is 0 Å². The van der Waals surface area contributed by atoms with E-state index >= 15 is 0 Å². The van der Waals surface area contributed by atoms with Crippen molar-refractivity contribution in [2.75, 3.05) is 0 Å². The molecule has 0 aromatic rings. The van der Waals surface area contributed by atoms with Gasteiger partial charge in [-0.25, -0.2) is 8.78 Å². The quantitative estimate of drug-likeness (QED) is 0.597. The van der Waals surface area contributed by atoms with E-state index in [-0.39, 0.29) is 12.8 Å².